The minimum Gasteiger partial charge on any atom is -0.393 e. The van der Waals surface area contributed by atoms with Crippen LogP contribution in [0.25, 0.3) is 21.5 Å². The van der Waals surface area contributed by atoms with Crippen molar-refractivity contribution in [3.63, 3.8) is 0 Å². The van der Waals surface area contributed by atoms with E-state index >= 15 is 0 Å². The molecule has 1 radical (unpaired) electrons. The van der Waals surface area contributed by atoms with Crippen LogP contribution in [0.4, 0.5) is 0 Å². The van der Waals surface area contributed by atoms with Gasteiger partial charge < -0.3 is 8.85 Å². The average Bonchev–Trinajstić information content (AvgIpc) is 2.60. The smallest absolute Gasteiger partial charge is 0.392 e. The lowest BCUT2D eigenvalue weighted by Gasteiger charge is -2.22. The zero-order valence-electron chi connectivity index (χ0n) is 14.0. The van der Waals surface area contributed by atoms with Crippen molar-refractivity contribution in [2.45, 2.75) is 26.3 Å². The Morgan fingerprint density at radius 1 is 0.783 bits per heavy atom. The summed E-state index contributed by atoms with van der Waals surface area (Å²) in [5, 5.41) is 5.20. The van der Waals surface area contributed by atoms with Crippen LogP contribution in [0, 0.1) is 0 Å². The van der Waals surface area contributed by atoms with Crippen LogP contribution in [-0.2, 0) is 8.85 Å². The molecule has 0 spiro atoms. The second kappa shape index (κ2) is 7.26. The van der Waals surface area contributed by atoms with Crippen molar-refractivity contribution in [3.8, 4) is 0 Å². The maximum Gasteiger partial charge on any atom is 0.392 e. The van der Waals surface area contributed by atoms with E-state index in [9.17, 15) is 0 Å². The minimum absolute atomic E-state index is 0.282. The molecule has 0 fully saturated rings. The molecule has 0 N–H and O–H groups in total. The first-order valence-electron chi connectivity index (χ1n) is 8.29. The first-order valence-corrected chi connectivity index (χ1v) is 9.68. The molecule has 3 aromatic carbocycles. The van der Waals surface area contributed by atoms with Gasteiger partial charge in [-0.25, -0.2) is 0 Å². The summed E-state index contributed by atoms with van der Waals surface area (Å²) in [6, 6.07) is 19.6. The van der Waals surface area contributed by atoms with E-state index in [0.717, 1.165) is 0 Å². The number of fused-ring (bicyclic) bond motifs is 3. The monoisotopic (exact) mass is 323 g/mol. The molecule has 1 atom stereocenters. The zero-order chi connectivity index (χ0) is 16.2. The SMILES string of the molecule is CCO[Si](OCC)C(C)c1cccc2c1ccc1ccccc12. The Kier molecular flexibility index (Phi) is 5.11. The second-order valence-corrected chi connectivity index (χ2v) is 7.72. The standard InChI is InChI=1S/C20H23O2Si/c1-4-21-23(22-5-2)15(3)17-11-8-12-19-18-10-7-6-9-16(18)13-14-20(17)19/h6-15H,4-5H2,1-3H3. The molecule has 23 heavy (non-hydrogen) atoms. The van der Waals surface area contributed by atoms with Gasteiger partial charge in [0.15, 0.2) is 0 Å². The van der Waals surface area contributed by atoms with Gasteiger partial charge in [0.2, 0.25) is 0 Å². The van der Waals surface area contributed by atoms with Crippen LogP contribution in [0.5, 0.6) is 0 Å². The van der Waals surface area contributed by atoms with E-state index < -0.39 is 9.28 Å². The van der Waals surface area contributed by atoms with Gasteiger partial charge in [0.1, 0.15) is 0 Å². The normalized spacial score (nSPS) is 13.0. The Bertz CT molecular complexity index is 794. The highest BCUT2D eigenvalue weighted by Gasteiger charge is 2.26. The Hall–Kier alpha value is -1.68. The molecular weight excluding hydrogens is 300 g/mol. The second-order valence-electron chi connectivity index (χ2n) is 5.64. The molecule has 0 heterocycles. The highest BCUT2D eigenvalue weighted by molar-refractivity contribution is 6.46. The lowest BCUT2D eigenvalue weighted by molar-refractivity contribution is 0.206. The molecule has 3 aromatic rings. The van der Waals surface area contributed by atoms with Crippen molar-refractivity contribution in [3.05, 3.63) is 60.2 Å². The van der Waals surface area contributed by atoms with E-state index in [2.05, 4.69) is 61.5 Å². The minimum atomic E-state index is -1.32. The van der Waals surface area contributed by atoms with Gasteiger partial charge in [-0.1, -0.05) is 61.5 Å². The summed E-state index contributed by atoms with van der Waals surface area (Å²) in [4.78, 5) is 0. The van der Waals surface area contributed by atoms with Crippen molar-refractivity contribution in [1.82, 2.24) is 0 Å². The van der Waals surface area contributed by atoms with Crippen molar-refractivity contribution < 1.29 is 8.85 Å². The summed E-state index contributed by atoms with van der Waals surface area (Å²) >= 11 is 0. The molecule has 0 aromatic heterocycles. The summed E-state index contributed by atoms with van der Waals surface area (Å²) in [6.45, 7) is 7.70. The maximum absolute atomic E-state index is 5.91. The van der Waals surface area contributed by atoms with Crippen molar-refractivity contribution >= 4 is 30.8 Å². The predicted molar refractivity (Wildman–Crippen MR) is 98.9 cm³/mol. The molecule has 0 saturated heterocycles. The highest BCUT2D eigenvalue weighted by atomic mass is 28.3. The van der Waals surface area contributed by atoms with Gasteiger partial charge in [-0.3, -0.25) is 0 Å². The number of rotatable bonds is 6. The molecule has 0 amide bonds. The fourth-order valence-corrected chi connectivity index (χ4v) is 4.80. The highest BCUT2D eigenvalue weighted by Crippen LogP contribution is 2.32. The molecule has 0 aliphatic heterocycles. The number of hydrogen-bond donors (Lipinski definition) is 0. The largest absolute Gasteiger partial charge is 0.393 e. The summed E-state index contributed by atoms with van der Waals surface area (Å²) < 4.78 is 11.8. The van der Waals surface area contributed by atoms with E-state index in [-0.39, 0.29) is 5.54 Å². The van der Waals surface area contributed by atoms with Crippen LogP contribution in [-0.4, -0.2) is 22.5 Å². The van der Waals surface area contributed by atoms with E-state index in [1.807, 2.05) is 13.8 Å². The van der Waals surface area contributed by atoms with E-state index in [0.29, 0.717) is 13.2 Å². The molecule has 0 aliphatic rings. The van der Waals surface area contributed by atoms with Crippen LogP contribution in [0.2, 0.25) is 0 Å². The van der Waals surface area contributed by atoms with Gasteiger partial charge in [0.25, 0.3) is 0 Å². The molecule has 0 bridgehead atoms. The van der Waals surface area contributed by atoms with E-state index in [4.69, 9.17) is 8.85 Å². The Morgan fingerprint density at radius 2 is 1.48 bits per heavy atom. The topological polar surface area (TPSA) is 18.5 Å². The Labute approximate surface area is 139 Å². The van der Waals surface area contributed by atoms with Crippen molar-refractivity contribution in [1.29, 1.82) is 0 Å². The third kappa shape index (κ3) is 3.18. The maximum atomic E-state index is 5.91. The first-order chi connectivity index (χ1) is 11.3. The zero-order valence-corrected chi connectivity index (χ0v) is 15.0. The van der Waals surface area contributed by atoms with Crippen molar-refractivity contribution in [2.24, 2.45) is 0 Å². The van der Waals surface area contributed by atoms with Gasteiger partial charge in [0.05, 0.1) is 0 Å². The molecular formula is C20H23O2Si. The molecule has 1 unspecified atom stereocenters. The third-order valence-electron chi connectivity index (χ3n) is 4.21. The van der Waals surface area contributed by atoms with E-state index in [1.165, 1.54) is 27.1 Å². The summed E-state index contributed by atoms with van der Waals surface area (Å²) in [6.07, 6.45) is 0. The lowest BCUT2D eigenvalue weighted by Crippen LogP contribution is -2.30. The van der Waals surface area contributed by atoms with Gasteiger partial charge in [-0.05, 0) is 41.0 Å². The van der Waals surface area contributed by atoms with Crippen LogP contribution in [0.1, 0.15) is 31.9 Å². The van der Waals surface area contributed by atoms with E-state index in [1.54, 1.807) is 0 Å². The lowest BCUT2D eigenvalue weighted by atomic mass is 9.97. The predicted octanol–water partition coefficient (Wildman–Crippen LogP) is 5.20. The average molecular weight is 323 g/mol. The van der Waals surface area contributed by atoms with Crippen LogP contribution >= 0.6 is 0 Å². The van der Waals surface area contributed by atoms with Gasteiger partial charge in [0, 0.05) is 18.8 Å². The molecule has 119 valence electrons. The molecule has 0 aliphatic carbocycles. The summed E-state index contributed by atoms with van der Waals surface area (Å²) in [5.74, 6) is 0. The van der Waals surface area contributed by atoms with Gasteiger partial charge >= 0.3 is 9.28 Å². The molecule has 3 heteroatoms. The Balaban J connectivity index is 2.12. The van der Waals surface area contributed by atoms with Gasteiger partial charge in [-0.2, -0.15) is 0 Å². The molecule has 3 rings (SSSR count). The quantitative estimate of drug-likeness (QED) is 0.459. The third-order valence-corrected chi connectivity index (χ3v) is 6.38. The number of hydrogen-bond acceptors (Lipinski definition) is 2. The summed E-state index contributed by atoms with van der Waals surface area (Å²) in [5.41, 5.74) is 1.61. The number of benzene rings is 3. The molecule has 0 saturated carbocycles. The van der Waals surface area contributed by atoms with Crippen LogP contribution in [0.15, 0.2) is 54.6 Å². The van der Waals surface area contributed by atoms with Crippen molar-refractivity contribution in [2.75, 3.05) is 13.2 Å². The van der Waals surface area contributed by atoms with Gasteiger partial charge in [-0.15, -0.1) is 0 Å². The molecule has 2 nitrogen and oxygen atoms in total. The fraction of sp³-hybridized carbons (Fsp3) is 0.300. The fourth-order valence-electron chi connectivity index (χ4n) is 3.15. The summed E-state index contributed by atoms with van der Waals surface area (Å²) in [7, 11) is -1.32. The first kappa shape index (κ1) is 16.2. The Morgan fingerprint density at radius 3 is 2.22 bits per heavy atom. The van der Waals surface area contributed by atoms with Crippen LogP contribution in [0.3, 0.4) is 0 Å². The van der Waals surface area contributed by atoms with Crippen LogP contribution < -0.4 is 0 Å².